The Morgan fingerprint density at radius 2 is 1.62 bits per heavy atom. The summed E-state index contributed by atoms with van der Waals surface area (Å²) >= 11 is 0. The summed E-state index contributed by atoms with van der Waals surface area (Å²) in [6.45, 7) is 4.30. The normalized spacial score (nSPS) is 16.6. The molecule has 9 nitrogen and oxygen atoms in total. The summed E-state index contributed by atoms with van der Waals surface area (Å²) in [5.74, 6) is 3.07. The Kier molecular flexibility index (Phi) is 8.50. The lowest BCUT2D eigenvalue weighted by Crippen LogP contribution is -2.05. The van der Waals surface area contributed by atoms with E-state index in [2.05, 4.69) is 23.3 Å². The Hall–Kier alpha value is -4.52. The molecule has 40 heavy (non-hydrogen) atoms. The topological polar surface area (TPSA) is 111 Å². The molecule has 0 radical (unpaired) electrons. The van der Waals surface area contributed by atoms with Gasteiger partial charge < -0.3 is 33.7 Å². The lowest BCUT2D eigenvalue weighted by molar-refractivity contribution is 0.252. The molecular formula is C31H31N3O6. The molecule has 0 spiro atoms. The van der Waals surface area contributed by atoms with Gasteiger partial charge in [-0.3, -0.25) is 4.98 Å². The van der Waals surface area contributed by atoms with Gasteiger partial charge in [-0.1, -0.05) is 19.1 Å². The quantitative estimate of drug-likeness (QED) is 0.233. The van der Waals surface area contributed by atoms with E-state index in [1.165, 1.54) is 6.42 Å². The number of hydrogen-bond acceptors (Lipinski definition) is 9. The number of aromatic nitrogens is 1. The fraction of sp³-hybridized carbons (Fsp3) is 0.290. The zero-order valence-electron chi connectivity index (χ0n) is 22.7. The first kappa shape index (κ1) is 27.1. The van der Waals surface area contributed by atoms with Crippen LogP contribution >= 0.6 is 0 Å². The molecule has 9 heteroatoms. The summed E-state index contributed by atoms with van der Waals surface area (Å²) in [6, 6.07) is 20.8. The van der Waals surface area contributed by atoms with Crippen LogP contribution in [-0.4, -0.2) is 51.2 Å². The summed E-state index contributed by atoms with van der Waals surface area (Å²) in [6.07, 6.45) is 3.50. The summed E-state index contributed by atoms with van der Waals surface area (Å²) < 4.78 is 32.8. The van der Waals surface area contributed by atoms with Crippen molar-refractivity contribution in [1.82, 2.24) is 4.98 Å². The van der Waals surface area contributed by atoms with Gasteiger partial charge in [-0.25, -0.2) is 0 Å². The first-order chi connectivity index (χ1) is 19.6. The number of nitrogens with zero attached hydrogens (tertiary/aromatic N) is 2. The maximum absolute atomic E-state index is 9.72. The Morgan fingerprint density at radius 1 is 0.925 bits per heavy atom. The van der Waals surface area contributed by atoms with E-state index in [0.29, 0.717) is 64.8 Å². The molecule has 3 heterocycles. The highest BCUT2D eigenvalue weighted by molar-refractivity contribution is 5.97. The Labute approximate surface area is 233 Å². The lowest BCUT2D eigenvalue weighted by Gasteiger charge is -2.15. The Balaban J connectivity index is 0.000000582. The van der Waals surface area contributed by atoms with E-state index in [4.69, 9.17) is 28.4 Å². The van der Waals surface area contributed by atoms with Crippen molar-refractivity contribution >= 4 is 22.3 Å². The highest BCUT2D eigenvalue weighted by Gasteiger charge is 2.24. The average molecular weight is 542 g/mol. The molecule has 6 rings (SSSR count). The van der Waals surface area contributed by atoms with Gasteiger partial charge in [-0.2, -0.15) is 5.26 Å². The molecule has 2 aliphatic heterocycles. The monoisotopic (exact) mass is 541 g/mol. The van der Waals surface area contributed by atoms with Gasteiger partial charge >= 0.3 is 0 Å². The van der Waals surface area contributed by atoms with E-state index in [0.717, 1.165) is 17.7 Å². The number of para-hydroxylation sites is 2. The molecular weight excluding hydrogens is 510 g/mol. The molecule has 3 aromatic carbocycles. The highest BCUT2D eigenvalue weighted by Crippen LogP contribution is 2.38. The number of nitrogens with one attached hydrogen (secondary N) is 1. The molecule has 0 saturated carbocycles. The molecule has 206 valence electrons. The van der Waals surface area contributed by atoms with Gasteiger partial charge in [-0.05, 0) is 48.9 Å². The number of rotatable bonds is 10. The fourth-order valence-electron chi connectivity index (χ4n) is 3.92. The van der Waals surface area contributed by atoms with Crippen molar-refractivity contribution in [3.63, 3.8) is 0 Å². The van der Waals surface area contributed by atoms with Gasteiger partial charge in [0.05, 0.1) is 50.3 Å². The molecule has 1 N–H and O–H groups in total. The molecule has 1 aromatic heterocycles. The van der Waals surface area contributed by atoms with Gasteiger partial charge in [0.15, 0.2) is 23.0 Å². The van der Waals surface area contributed by atoms with Crippen molar-refractivity contribution in [2.75, 3.05) is 39.4 Å². The van der Waals surface area contributed by atoms with Crippen molar-refractivity contribution in [1.29, 1.82) is 5.26 Å². The predicted octanol–water partition coefficient (Wildman–Crippen LogP) is 6.23. The number of nitriles is 1. The maximum atomic E-state index is 9.72. The van der Waals surface area contributed by atoms with Crippen LogP contribution in [0.2, 0.25) is 0 Å². The second-order valence-electron chi connectivity index (χ2n) is 9.21. The zero-order valence-corrected chi connectivity index (χ0v) is 22.7. The molecule has 2 saturated heterocycles. The van der Waals surface area contributed by atoms with Crippen molar-refractivity contribution in [3.05, 3.63) is 72.4 Å². The highest BCUT2D eigenvalue weighted by atomic mass is 16.6. The molecule has 2 aliphatic rings. The van der Waals surface area contributed by atoms with Crippen molar-refractivity contribution in [2.45, 2.75) is 25.6 Å². The van der Waals surface area contributed by atoms with Crippen LogP contribution in [0.15, 0.2) is 66.9 Å². The van der Waals surface area contributed by atoms with Crippen LogP contribution < -0.4 is 24.3 Å². The Bertz CT molecular complexity index is 1490. The first-order valence-electron chi connectivity index (χ1n) is 13.1. The van der Waals surface area contributed by atoms with E-state index < -0.39 is 0 Å². The first-order valence-corrected chi connectivity index (χ1v) is 13.1. The van der Waals surface area contributed by atoms with Crippen molar-refractivity contribution in [2.24, 2.45) is 0 Å². The third-order valence-corrected chi connectivity index (χ3v) is 6.38. The number of methoxy groups -OCH3 is 2. The average Bonchev–Trinajstić information content (AvgIpc) is 3.92. The van der Waals surface area contributed by atoms with Crippen LogP contribution in [0.5, 0.6) is 28.7 Å². The van der Waals surface area contributed by atoms with E-state index in [1.54, 1.807) is 20.4 Å². The zero-order chi connectivity index (χ0) is 27.9. The largest absolute Gasteiger partial charge is 0.493 e. The minimum absolute atomic E-state index is 0.122. The number of anilines is 2. The molecule has 0 bridgehead atoms. The van der Waals surface area contributed by atoms with Gasteiger partial charge in [0, 0.05) is 23.3 Å². The van der Waals surface area contributed by atoms with Crippen LogP contribution in [0.25, 0.3) is 10.9 Å². The summed E-state index contributed by atoms with van der Waals surface area (Å²) in [5.41, 5.74) is 2.50. The molecule has 0 amide bonds. The van der Waals surface area contributed by atoms with Crippen LogP contribution in [0, 0.1) is 11.3 Å². The van der Waals surface area contributed by atoms with E-state index in [1.807, 2.05) is 60.7 Å². The third-order valence-electron chi connectivity index (χ3n) is 6.38. The van der Waals surface area contributed by atoms with Crippen molar-refractivity contribution in [3.8, 4) is 34.8 Å². The number of ether oxygens (including phenoxy) is 6. The van der Waals surface area contributed by atoms with Gasteiger partial charge in [0.25, 0.3) is 0 Å². The second kappa shape index (κ2) is 12.6. The van der Waals surface area contributed by atoms with Crippen molar-refractivity contribution < 1.29 is 28.4 Å². The van der Waals surface area contributed by atoms with E-state index >= 15 is 0 Å². The Morgan fingerprint density at radius 3 is 2.23 bits per heavy atom. The van der Waals surface area contributed by atoms with Crippen LogP contribution in [0.1, 0.15) is 18.9 Å². The lowest BCUT2D eigenvalue weighted by atomic mass is 10.1. The standard InChI is InChI=1S/C27H23N3O5.C4H8O/c1-31-23-5-3-4-6-24(23)35-19-9-7-18(8-10-19)30-27-17(13-28)14-29-22-12-26(34-16-20-15-33-20)25(32-2)11-21(22)27;1-2-4-3-5-4/h3-12,14,20H,15-16H2,1-2H3,(H,29,30);4H,2-3H2,1H3/t20-;4-/m01/s1. The van der Waals surface area contributed by atoms with E-state index in [9.17, 15) is 5.26 Å². The van der Waals surface area contributed by atoms with Crippen LogP contribution in [0.4, 0.5) is 11.4 Å². The van der Waals surface area contributed by atoms with Gasteiger partial charge in [0.2, 0.25) is 0 Å². The minimum atomic E-state index is 0.122. The summed E-state index contributed by atoms with van der Waals surface area (Å²) in [4.78, 5) is 4.45. The third kappa shape index (κ3) is 6.72. The van der Waals surface area contributed by atoms with Gasteiger partial charge in [0.1, 0.15) is 24.5 Å². The number of epoxide rings is 2. The molecule has 2 atom stereocenters. The van der Waals surface area contributed by atoms with Crippen LogP contribution in [0.3, 0.4) is 0 Å². The molecule has 0 unspecified atom stereocenters. The number of pyridine rings is 1. The second-order valence-corrected chi connectivity index (χ2v) is 9.21. The number of hydrogen-bond donors (Lipinski definition) is 1. The minimum Gasteiger partial charge on any atom is -0.493 e. The molecule has 4 aromatic rings. The number of fused-ring (bicyclic) bond motifs is 1. The fourth-order valence-corrected chi connectivity index (χ4v) is 3.92. The van der Waals surface area contributed by atoms with E-state index in [-0.39, 0.29) is 6.10 Å². The van der Waals surface area contributed by atoms with Crippen LogP contribution in [-0.2, 0) is 9.47 Å². The summed E-state index contributed by atoms with van der Waals surface area (Å²) in [5, 5.41) is 13.8. The molecule has 0 aliphatic carbocycles. The summed E-state index contributed by atoms with van der Waals surface area (Å²) in [7, 11) is 3.18. The molecule has 2 fully saturated rings. The maximum Gasteiger partial charge on any atom is 0.169 e. The number of benzene rings is 3. The smallest absolute Gasteiger partial charge is 0.169 e. The predicted molar refractivity (Wildman–Crippen MR) is 151 cm³/mol. The van der Waals surface area contributed by atoms with Gasteiger partial charge in [-0.15, -0.1) is 0 Å². The SMILES string of the molecule is CC[C@@H]1CO1.COc1cc2c(Nc3ccc(Oc4ccccc4OC)cc3)c(C#N)cnc2cc1OC[C@@H]1CO1.